The van der Waals surface area contributed by atoms with Crippen LogP contribution >= 0.6 is 23.5 Å². The number of benzene rings is 2. The fourth-order valence-electron chi connectivity index (χ4n) is 3.60. The Kier molecular flexibility index (Phi) is 7.14. The molecule has 2 aliphatic heterocycles. The van der Waals surface area contributed by atoms with E-state index in [0.717, 1.165) is 57.7 Å². The van der Waals surface area contributed by atoms with Gasteiger partial charge in [0.1, 0.15) is 6.54 Å². The van der Waals surface area contributed by atoms with Crippen molar-refractivity contribution < 1.29 is 14.4 Å². The van der Waals surface area contributed by atoms with Gasteiger partial charge in [-0.15, -0.1) is 0 Å². The Bertz CT molecular complexity index is 982. The maximum Gasteiger partial charge on any atom is 0.294 e. The Morgan fingerprint density at radius 1 is 0.903 bits per heavy atom. The van der Waals surface area contributed by atoms with Gasteiger partial charge >= 0.3 is 0 Å². The van der Waals surface area contributed by atoms with Gasteiger partial charge in [-0.3, -0.25) is 19.3 Å². The first-order valence-electron chi connectivity index (χ1n) is 10.5. The third-order valence-electron chi connectivity index (χ3n) is 5.28. The quantitative estimate of drug-likeness (QED) is 0.578. The zero-order valence-electron chi connectivity index (χ0n) is 17.2. The molecule has 2 fully saturated rings. The Morgan fingerprint density at radius 3 is 2.23 bits per heavy atom. The highest BCUT2D eigenvalue weighted by atomic mass is 32.2. The third kappa shape index (κ3) is 5.60. The Morgan fingerprint density at radius 2 is 1.55 bits per heavy atom. The molecule has 2 saturated heterocycles. The zero-order chi connectivity index (χ0) is 21.6. The molecule has 5 nitrogen and oxygen atoms in total. The van der Waals surface area contributed by atoms with Crippen molar-refractivity contribution in [3.63, 3.8) is 0 Å². The molecule has 2 aliphatic rings. The minimum absolute atomic E-state index is 0.146. The van der Waals surface area contributed by atoms with E-state index >= 15 is 0 Å². The minimum atomic E-state index is -0.388. The average molecular weight is 453 g/mol. The summed E-state index contributed by atoms with van der Waals surface area (Å²) in [6, 6.07) is 18.0. The number of likely N-dealkylation sites (tertiary alicyclic amines) is 1. The van der Waals surface area contributed by atoms with Gasteiger partial charge in [0.2, 0.25) is 5.91 Å². The van der Waals surface area contributed by atoms with Gasteiger partial charge in [-0.2, -0.15) is 0 Å². The van der Waals surface area contributed by atoms with Crippen molar-refractivity contribution in [2.45, 2.75) is 35.5 Å². The number of rotatable bonds is 5. The van der Waals surface area contributed by atoms with Crippen LogP contribution in [0, 0.1) is 0 Å². The summed E-state index contributed by atoms with van der Waals surface area (Å²) in [5.74, 6) is -0.534. The zero-order valence-corrected chi connectivity index (χ0v) is 18.8. The van der Waals surface area contributed by atoms with Crippen molar-refractivity contribution in [2.24, 2.45) is 0 Å². The van der Waals surface area contributed by atoms with Crippen molar-refractivity contribution in [2.75, 3.05) is 19.6 Å². The van der Waals surface area contributed by atoms with E-state index < -0.39 is 0 Å². The van der Waals surface area contributed by atoms with Crippen LogP contribution < -0.4 is 0 Å². The molecular formula is C24H24N2O3S2. The molecule has 0 aromatic heterocycles. The molecule has 0 bridgehead atoms. The summed E-state index contributed by atoms with van der Waals surface area (Å²) < 4.78 is 0. The second-order valence-electron chi connectivity index (χ2n) is 7.55. The fraction of sp³-hybridized carbons (Fsp3) is 0.292. The summed E-state index contributed by atoms with van der Waals surface area (Å²) in [6.07, 6.45) is 5.92. The van der Waals surface area contributed by atoms with E-state index in [2.05, 4.69) is 12.1 Å². The minimum Gasteiger partial charge on any atom is -0.341 e. The predicted octanol–water partition coefficient (Wildman–Crippen LogP) is 5.28. The molecule has 0 N–H and O–H groups in total. The van der Waals surface area contributed by atoms with Crippen LogP contribution in [0.4, 0.5) is 4.79 Å². The number of amides is 3. The molecule has 2 heterocycles. The summed E-state index contributed by atoms with van der Waals surface area (Å²) in [5, 5.41) is -0.379. The number of imide groups is 1. The first kappa shape index (κ1) is 21.7. The molecule has 0 atom stereocenters. The highest BCUT2D eigenvalue weighted by Gasteiger charge is 2.37. The number of carbonyl (C=O) groups excluding carboxylic acids is 3. The van der Waals surface area contributed by atoms with Crippen molar-refractivity contribution in [1.82, 2.24) is 9.80 Å². The van der Waals surface area contributed by atoms with Crippen molar-refractivity contribution in [3.05, 3.63) is 65.1 Å². The highest BCUT2D eigenvalue weighted by molar-refractivity contribution is 8.18. The summed E-state index contributed by atoms with van der Waals surface area (Å²) in [4.78, 5) is 43.2. The van der Waals surface area contributed by atoms with Crippen LogP contribution in [-0.4, -0.2) is 46.5 Å². The molecule has 4 rings (SSSR count). The standard InChI is InChI=1S/C24H24N2O3S2/c27-22(25-14-6-1-2-7-15-25)17-26-23(28)21(31-24(26)29)16-18-10-12-20(13-11-18)30-19-8-4-3-5-9-19/h3-5,8-13,16H,1-2,6-7,14-15,17H2. The van der Waals surface area contributed by atoms with Crippen LogP contribution in [0.3, 0.4) is 0 Å². The predicted molar refractivity (Wildman–Crippen MR) is 125 cm³/mol. The Labute approximate surface area is 190 Å². The van der Waals surface area contributed by atoms with Gasteiger partial charge in [-0.25, -0.2) is 0 Å². The molecule has 31 heavy (non-hydrogen) atoms. The van der Waals surface area contributed by atoms with Gasteiger partial charge in [0.15, 0.2) is 0 Å². The number of hydrogen-bond acceptors (Lipinski definition) is 5. The molecule has 3 amide bonds. The lowest BCUT2D eigenvalue weighted by atomic mass is 10.2. The van der Waals surface area contributed by atoms with Crippen LogP contribution in [0.25, 0.3) is 6.08 Å². The van der Waals surface area contributed by atoms with Crippen LogP contribution in [0.15, 0.2) is 69.3 Å². The van der Waals surface area contributed by atoms with Crippen molar-refractivity contribution in [3.8, 4) is 0 Å². The van der Waals surface area contributed by atoms with Crippen LogP contribution in [0.5, 0.6) is 0 Å². The van der Waals surface area contributed by atoms with Gasteiger partial charge in [-0.05, 0) is 60.5 Å². The fourth-order valence-corrected chi connectivity index (χ4v) is 5.28. The van der Waals surface area contributed by atoms with Crippen LogP contribution in [0.1, 0.15) is 31.2 Å². The van der Waals surface area contributed by atoms with Crippen molar-refractivity contribution >= 4 is 46.7 Å². The average Bonchev–Trinajstić information content (AvgIpc) is 2.98. The first-order valence-corrected chi connectivity index (χ1v) is 12.1. The van der Waals surface area contributed by atoms with Gasteiger partial charge in [0.25, 0.3) is 11.1 Å². The molecule has 0 saturated carbocycles. The lowest BCUT2D eigenvalue weighted by molar-refractivity contribution is -0.135. The third-order valence-corrected chi connectivity index (χ3v) is 7.21. The second kappa shape index (κ2) is 10.2. The number of thioether (sulfide) groups is 1. The van der Waals surface area contributed by atoms with Crippen LogP contribution in [-0.2, 0) is 9.59 Å². The number of carbonyl (C=O) groups is 3. The van der Waals surface area contributed by atoms with E-state index in [1.807, 2.05) is 42.5 Å². The summed E-state index contributed by atoms with van der Waals surface area (Å²) in [6.45, 7) is 1.24. The normalized spacial score (nSPS) is 18.5. The summed E-state index contributed by atoms with van der Waals surface area (Å²) in [5.41, 5.74) is 0.849. The summed E-state index contributed by atoms with van der Waals surface area (Å²) in [7, 11) is 0. The number of nitrogens with zero attached hydrogens (tertiary/aromatic N) is 2. The van der Waals surface area contributed by atoms with Crippen molar-refractivity contribution in [1.29, 1.82) is 0 Å². The topological polar surface area (TPSA) is 57.7 Å². The maximum atomic E-state index is 12.8. The monoisotopic (exact) mass is 452 g/mol. The molecule has 0 aliphatic carbocycles. The van der Waals surface area contributed by atoms with E-state index in [4.69, 9.17) is 0 Å². The lowest BCUT2D eigenvalue weighted by Crippen LogP contribution is -2.42. The maximum absolute atomic E-state index is 12.8. The molecule has 0 radical (unpaired) electrons. The molecule has 0 spiro atoms. The number of hydrogen-bond donors (Lipinski definition) is 0. The van der Waals surface area contributed by atoms with E-state index in [1.165, 1.54) is 0 Å². The van der Waals surface area contributed by atoms with E-state index in [1.54, 1.807) is 22.7 Å². The Balaban J connectivity index is 1.40. The molecule has 160 valence electrons. The van der Waals surface area contributed by atoms with E-state index in [9.17, 15) is 14.4 Å². The molecule has 2 aromatic carbocycles. The van der Waals surface area contributed by atoms with Crippen LogP contribution in [0.2, 0.25) is 0 Å². The lowest BCUT2D eigenvalue weighted by Gasteiger charge is -2.22. The Hall–Kier alpha value is -2.51. The van der Waals surface area contributed by atoms with E-state index in [0.29, 0.717) is 18.0 Å². The SMILES string of the molecule is O=C(CN1C(=O)SC(=Cc2ccc(Sc3ccccc3)cc2)C1=O)N1CCCCCC1. The molecule has 7 heteroatoms. The summed E-state index contributed by atoms with van der Waals surface area (Å²) >= 11 is 2.56. The van der Waals surface area contributed by atoms with Gasteiger partial charge < -0.3 is 4.90 Å². The van der Waals surface area contributed by atoms with Gasteiger partial charge in [0, 0.05) is 22.9 Å². The highest BCUT2D eigenvalue weighted by Crippen LogP contribution is 2.33. The first-order chi connectivity index (χ1) is 15.1. The molecule has 2 aromatic rings. The second-order valence-corrected chi connectivity index (χ2v) is 9.69. The molecular weight excluding hydrogens is 428 g/mol. The van der Waals surface area contributed by atoms with Gasteiger partial charge in [-0.1, -0.05) is 54.9 Å². The largest absolute Gasteiger partial charge is 0.341 e. The smallest absolute Gasteiger partial charge is 0.294 e. The van der Waals surface area contributed by atoms with Gasteiger partial charge in [0.05, 0.1) is 4.91 Å². The molecule has 0 unspecified atom stereocenters. The van der Waals surface area contributed by atoms with E-state index in [-0.39, 0.29) is 23.6 Å².